The summed E-state index contributed by atoms with van der Waals surface area (Å²) in [6.07, 6.45) is 1.73. The van der Waals surface area contributed by atoms with Gasteiger partial charge in [-0.2, -0.15) is 0 Å². The van der Waals surface area contributed by atoms with Gasteiger partial charge in [0.05, 0.1) is 28.4 Å². The van der Waals surface area contributed by atoms with E-state index in [2.05, 4.69) is 5.32 Å². The Labute approximate surface area is 199 Å². The van der Waals surface area contributed by atoms with Crippen LogP contribution in [0.1, 0.15) is 37.1 Å². The first kappa shape index (κ1) is 24.7. The molecule has 0 saturated carbocycles. The molecular weight excluding hydrogens is 464 g/mol. The molecule has 0 bridgehead atoms. The van der Waals surface area contributed by atoms with Crippen LogP contribution in [-0.2, 0) is 11.3 Å². The number of fused-ring (bicyclic) bond motifs is 1. The summed E-state index contributed by atoms with van der Waals surface area (Å²) in [5.41, 5.74) is 0.902. The van der Waals surface area contributed by atoms with Gasteiger partial charge in [0.2, 0.25) is 5.91 Å². The highest BCUT2D eigenvalue weighted by atomic mass is 32.2. The molecule has 3 rings (SSSR count). The lowest BCUT2D eigenvalue weighted by Gasteiger charge is -2.16. The number of benzene rings is 1. The van der Waals surface area contributed by atoms with Crippen LogP contribution in [0.5, 0.6) is 5.75 Å². The second-order valence-electron chi connectivity index (χ2n) is 7.56. The van der Waals surface area contributed by atoms with Crippen LogP contribution in [0.3, 0.4) is 0 Å². The van der Waals surface area contributed by atoms with Crippen molar-refractivity contribution >= 4 is 50.6 Å². The highest BCUT2D eigenvalue weighted by molar-refractivity contribution is 8.00. The number of hydrogen-bond acceptors (Lipinski definition) is 8. The molecule has 0 fully saturated rings. The standard InChI is InChI=1S/C22H26N4O5S2/c1-6-7-10-25-21(28)18-12(2)13(3)32-20(18)24-22(25)33-14(4)19(27)23-16-11-15(26(29)30)8-9-17(16)31-5/h8-9,11,14H,6-7,10H2,1-5H3,(H,23,27). The van der Waals surface area contributed by atoms with Gasteiger partial charge in [-0.3, -0.25) is 24.3 Å². The van der Waals surface area contributed by atoms with Gasteiger partial charge >= 0.3 is 0 Å². The molecule has 1 atom stereocenters. The number of nitrogens with one attached hydrogen (secondary N) is 1. The van der Waals surface area contributed by atoms with Gasteiger partial charge in [-0.15, -0.1) is 11.3 Å². The van der Waals surface area contributed by atoms with Crippen LogP contribution in [0.4, 0.5) is 11.4 Å². The SMILES string of the molecule is CCCCn1c(SC(C)C(=O)Nc2cc([N+](=O)[O-])ccc2OC)nc2sc(C)c(C)c2c1=O. The number of thioether (sulfide) groups is 1. The zero-order valence-corrected chi connectivity index (χ0v) is 20.8. The summed E-state index contributed by atoms with van der Waals surface area (Å²) in [6.45, 7) is 8.16. The fraction of sp³-hybridized carbons (Fsp3) is 0.409. The molecule has 9 nitrogen and oxygen atoms in total. The molecule has 0 aliphatic carbocycles. The molecule has 176 valence electrons. The lowest BCUT2D eigenvalue weighted by Crippen LogP contribution is -2.27. The number of ether oxygens (including phenoxy) is 1. The number of nitro groups is 1. The summed E-state index contributed by atoms with van der Waals surface area (Å²) in [7, 11) is 1.42. The fourth-order valence-corrected chi connectivity index (χ4v) is 5.27. The van der Waals surface area contributed by atoms with E-state index >= 15 is 0 Å². The zero-order chi connectivity index (χ0) is 24.3. The van der Waals surface area contributed by atoms with Gasteiger partial charge in [0.1, 0.15) is 10.6 Å². The van der Waals surface area contributed by atoms with Crippen LogP contribution in [0.25, 0.3) is 10.2 Å². The number of nitrogens with zero attached hydrogens (tertiary/aromatic N) is 3. The Kier molecular flexibility index (Phi) is 7.75. The maximum absolute atomic E-state index is 13.3. The second kappa shape index (κ2) is 10.3. The average molecular weight is 491 g/mol. The number of anilines is 1. The van der Waals surface area contributed by atoms with Crippen LogP contribution in [-0.4, -0.2) is 32.7 Å². The number of hydrogen-bond donors (Lipinski definition) is 1. The van der Waals surface area contributed by atoms with Crippen molar-refractivity contribution < 1.29 is 14.5 Å². The molecule has 1 unspecified atom stereocenters. The van der Waals surface area contributed by atoms with E-state index in [4.69, 9.17) is 9.72 Å². The number of aromatic nitrogens is 2. The number of thiophene rings is 1. The van der Waals surface area contributed by atoms with Crippen molar-refractivity contribution in [2.24, 2.45) is 0 Å². The molecule has 2 heterocycles. The van der Waals surface area contributed by atoms with Crippen LogP contribution >= 0.6 is 23.1 Å². The number of methoxy groups -OCH3 is 1. The highest BCUT2D eigenvalue weighted by Crippen LogP contribution is 2.32. The normalized spacial score (nSPS) is 12.0. The van der Waals surface area contributed by atoms with E-state index in [1.165, 1.54) is 48.4 Å². The number of unbranched alkanes of at least 4 members (excludes halogenated alkanes) is 1. The molecule has 0 aliphatic heterocycles. The van der Waals surface area contributed by atoms with Crippen molar-refractivity contribution in [1.29, 1.82) is 0 Å². The summed E-state index contributed by atoms with van der Waals surface area (Å²) in [5, 5.41) is 14.3. The Balaban J connectivity index is 1.92. The quantitative estimate of drug-likeness (QED) is 0.196. The molecule has 1 N–H and O–H groups in total. The van der Waals surface area contributed by atoms with E-state index in [9.17, 15) is 19.7 Å². The first-order valence-electron chi connectivity index (χ1n) is 10.5. The maximum Gasteiger partial charge on any atom is 0.271 e. The number of rotatable bonds is 9. The van der Waals surface area contributed by atoms with E-state index in [1.807, 2.05) is 20.8 Å². The van der Waals surface area contributed by atoms with Gasteiger partial charge in [-0.1, -0.05) is 25.1 Å². The van der Waals surface area contributed by atoms with Crippen molar-refractivity contribution in [3.05, 3.63) is 49.1 Å². The molecule has 11 heteroatoms. The largest absolute Gasteiger partial charge is 0.495 e. The zero-order valence-electron chi connectivity index (χ0n) is 19.1. The van der Waals surface area contributed by atoms with Crippen LogP contribution in [0.15, 0.2) is 28.2 Å². The maximum atomic E-state index is 13.3. The summed E-state index contributed by atoms with van der Waals surface area (Å²) < 4.78 is 6.87. The Morgan fingerprint density at radius 3 is 2.76 bits per heavy atom. The fourth-order valence-electron chi connectivity index (χ4n) is 3.27. The number of carbonyl (C=O) groups excluding carboxylic acids is 1. The van der Waals surface area contributed by atoms with E-state index in [1.54, 1.807) is 11.5 Å². The Morgan fingerprint density at radius 1 is 1.39 bits per heavy atom. The number of nitro benzene ring substituents is 1. The molecule has 33 heavy (non-hydrogen) atoms. The minimum atomic E-state index is -0.617. The monoisotopic (exact) mass is 490 g/mol. The smallest absolute Gasteiger partial charge is 0.271 e. The molecule has 2 aromatic heterocycles. The molecule has 1 amide bonds. The molecule has 1 aromatic carbocycles. The third-order valence-electron chi connectivity index (χ3n) is 5.29. The third kappa shape index (κ3) is 5.19. The van der Waals surface area contributed by atoms with Crippen LogP contribution in [0, 0.1) is 24.0 Å². The summed E-state index contributed by atoms with van der Waals surface area (Å²) in [4.78, 5) is 43.2. The van der Waals surface area contributed by atoms with Gasteiger partial charge in [0, 0.05) is 23.6 Å². The first-order valence-corrected chi connectivity index (χ1v) is 12.2. The lowest BCUT2D eigenvalue weighted by atomic mass is 10.2. The van der Waals surface area contributed by atoms with E-state index in [0.29, 0.717) is 27.7 Å². The molecule has 0 spiro atoms. The van der Waals surface area contributed by atoms with E-state index in [-0.39, 0.29) is 22.8 Å². The predicted molar refractivity (Wildman–Crippen MR) is 132 cm³/mol. The highest BCUT2D eigenvalue weighted by Gasteiger charge is 2.23. The van der Waals surface area contributed by atoms with Gasteiger partial charge in [-0.25, -0.2) is 4.98 Å². The topological polar surface area (TPSA) is 116 Å². The summed E-state index contributed by atoms with van der Waals surface area (Å²) in [6, 6.07) is 4.00. The van der Waals surface area contributed by atoms with Crippen molar-refractivity contribution in [2.75, 3.05) is 12.4 Å². The molecule has 0 saturated heterocycles. The van der Waals surface area contributed by atoms with Gasteiger partial charge in [-0.05, 0) is 38.8 Å². The minimum Gasteiger partial charge on any atom is -0.495 e. The number of amides is 1. The van der Waals surface area contributed by atoms with E-state index in [0.717, 1.165) is 23.3 Å². The first-order chi connectivity index (χ1) is 15.7. The molecular formula is C22H26N4O5S2. The van der Waals surface area contributed by atoms with Crippen LogP contribution < -0.4 is 15.6 Å². The Hall–Kier alpha value is -2.92. The Morgan fingerprint density at radius 2 is 2.12 bits per heavy atom. The average Bonchev–Trinajstić information content (AvgIpc) is 3.06. The molecule has 0 radical (unpaired) electrons. The van der Waals surface area contributed by atoms with Gasteiger partial charge in [0.25, 0.3) is 11.2 Å². The number of non-ortho nitro benzene ring substituents is 1. The van der Waals surface area contributed by atoms with E-state index < -0.39 is 10.2 Å². The van der Waals surface area contributed by atoms with Crippen molar-refractivity contribution in [1.82, 2.24) is 9.55 Å². The van der Waals surface area contributed by atoms with Gasteiger partial charge < -0.3 is 10.1 Å². The number of aryl methyl sites for hydroxylation is 2. The van der Waals surface area contributed by atoms with Crippen molar-refractivity contribution in [3.63, 3.8) is 0 Å². The lowest BCUT2D eigenvalue weighted by molar-refractivity contribution is -0.384. The predicted octanol–water partition coefficient (Wildman–Crippen LogP) is 4.91. The number of carbonyl (C=O) groups is 1. The van der Waals surface area contributed by atoms with Crippen LogP contribution in [0.2, 0.25) is 0 Å². The summed E-state index contributed by atoms with van der Waals surface area (Å²) in [5.74, 6) is -0.0659. The van der Waals surface area contributed by atoms with Crippen molar-refractivity contribution in [3.8, 4) is 5.75 Å². The Bertz CT molecular complexity index is 1270. The minimum absolute atomic E-state index is 0.0919. The molecule has 3 aromatic rings. The second-order valence-corrected chi connectivity index (χ2v) is 10.1. The van der Waals surface area contributed by atoms with Crippen molar-refractivity contribution in [2.45, 2.75) is 57.5 Å². The molecule has 0 aliphatic rings. The van der Waals surface area contributed by atoms with Gasteiger partial charge in [0.15, 0.2) is 5.16 Å². The summed E-state index contributed by atoms with van der Waals surface area (Å²) >= 11 is 2.66. The third-order valence-corrected chi connectivity index (χ3v) is 7.48.